The van der Waals surface area contributed by atoms with Crippen molar-refractivity contribution in [2.24, 2.45) is 23.7 Å². The first-order chi connectivity index (χ1) is 32.3. The van der Waals surface area contributed by atoms with Crippen molar-refractivity contribution < 1.29 is 52.6 Å². The first-order valence-electron chi connectivity index (χ1n) is 23.1. The molecule has 10 atom stereocenters. The minimum absolute atomic E-state index is 0.00185. The van der Waals surface area contributed by atoms with Crippen molar-refractivity contribution >= 4 is 67.5 Å². The van der Waals surface area contributed by atoms with Crippen molar-refractivity contribution in [3.05, 3.63) is 69.6 Å². The number of aromatic nitrogens is 1. The Morgan fingerprint density at radius 2 is 1.62 bits per heavy atom. The predicted molar refractivity (Wildman–Crippen MR) is 270 cm³/mol. The monoisotopic (exact) mass is 1050 g/mol. The molecule has 0 saturated carbocycles. The zero-order valence-corrected chi connectivity index (χ0v) is 43.1. The highest BCUT2D eigenvalue weighted by atomic mass is 127. The molecule has 368 valence electrons. The Balaban J connectivity index is 1.44. The number of fused-ring (bicyclic) bond motifs is 2. The summed E-state index contributed by atoms with van der Waals surface area (Å²) < 4.78 is 43.5. The number of anilines is 2. The Kier molecular flexibility index (Phi) is 15.5. The highest BCUT2D eigenvalue weighted by Gasteiger charge is 2.50. The molecular formula is C51H65IN4O12. The van der Waals surface area contributed by atoms with Gasteiger partial charge < -0.3 is 53.3 Å². The molecule has 4 aliphatic heterocycles. The second-order valence-electron chi connectivity index (χ2n) is 18.6. The number of ether oxygens (including phenoxy) is 6. The van der Waals surface area contributed by atoms with Crippen LogP contribution in [-0.4, -0.2) is 127 Å². The Labute approximate surface area is 411 Å². The van der Waals surface area contributed by atoms with E-state index in [1.54, 1.807) is 46.5 Å². The summed E-state index contributed by atoms with van der Waals surface area (Å²) in [4.78, 5) is 53.8. The van der Waals surface area contributed by atoms with Crippen LogP contribution in [0.3, 0.4) is 0 Å². The number of hydrogen-bond donors (Lipinski definition) is 3. The number of carbonyl (C=O) groups is 2. The number of piperazine rings is 1. The van der Waals surface area contributed by atoms with E-state index in [9.17, 15) is 24.6 Å². The summed E-state index contributed by atoms with van der Waals surface area (Å²) in [5.74, 6) is -4.78. The van der Waals surface area contributed by atoms with E-state index in [4.69, 9.17) is 37.8 Å². The number of nitrogens with one attached hydrogen (secondary N) is 1. The topological polar surface area (TPSA) is 192 Å². The largest absolute Gasteiger partial charge is 0.507 e. The first kappa shape index (κ1) is 51.1. The van der Waals surface area contributed by atoms with E-state index < -0.39 is 53.1 Å². The summed E-state index contributed by atoms with van der Waals surface area (Å²) in [6.07, 6.45) is 5.82. The number of aliphatic hydroxyl groups is 1. The van der Waals surface area contributed by atoms with Gasteiger partial charge in [0.15, 0.2) is 11.3 Å². The molecule has 68 heavy (non-hydrogen) atoms. The summed E-state index contributed by atoms with van der Waals surface area (Å²) >= 11 is 2.44. The van der Waals surface area contributed by atoms with E-state index in [2.05, 4.69) is 44.6 Å². The molecule has 4 bridgehead atoms. The molecule has 16 nitrogen and oxygen atoms in total. The predicted octanol–water partition coefficient (Wildman–Crippen LogP) is 7.64. The molecule has 3 N–H and O–H groups in total. The molecule has 17 heteroatoms. The van der Waals surface area contributed by atoms with E-state index in [0.717, 1.165) is 38.4 Å². The zero-order chi connectivity index (χ0) is 49.5. The maximum atomic E-state index is 15.0. The number of nitrogens with zero attached hydrogens (tertiary/aromatic N) is 3. The Morgan fingerprint density at radius 1 is 0.941 bits per heavy atom. The van der Waals surface area contributed by atoms with Gasteiger partial charge in [-0.15, -0.1) is 0 Å². The molecule has 1 saturated heterocycles. The standard InChI is InChI=1S/C51H65IN4O12/c1-25-14-13-15-26(2)50(61)54-41-44(59)37-36(40-48(41)67-35-23-32(22-34(63-10)39(35)53-40)56-19-17-55(18-20-56)24-27(3)52)38-47(31(7)43(37)58)68-51(8,49(38)60)66-21-16-33(62-9)28(4)46(65-12)30(6)42(57)29(5)45(25)64-11/h13-16,21-23,25,27-30,33,42,45-46,57-58H,17-20,24H2,1-12H3,(H,54,61)/b14-13+,21-16+,26-15-/t25-,27?,28+,29-,30+,33-,42+,45-,46+,51-/m0/s1. The van der Waals surface area contributed by atoms with Gasteiger partial charge in [-0.3, -0.25) is 19.3 Å². The maximum Gasteiger partial charge on any atom is 0.312 e. The van der Waals surface area contributed by atoms with Gasteiger partial charge in [0.25, 0.3) is 11.7 Å². The zero-order valence-electron chi connectivity index (χ0n) is 41.0. The molecule has 1 amide bonds. The minimum atomic E-state index is -1.98. The molecule has 4 heterocycles. The average Bonchev–Trinajstić information content (AvgIpc) is 3.58. The second-order valence-corrected chi connectivity index (χ2v) is 20.8. The maximum absolute atomic E-state index is 15.0. The number of allylic oxidation sites excluding steroid dienone is 2. The van der Waals surface area contributed by atoms with E-state index in [0.29, 0.717) is 9.67 Å². The van der Waals surface area contributed by atoms with E-state index in [1.807, 2.05) is 45.9 Å². The molecule has 0 radical (unpaired) electrons. The number of methoxy groups -OCH3 is 4. The number of aliphatic hydroxyl groups excluding tert-OH is 1. The molecule has 2 aromatic carbocycles. The number of aromatic hydroxyl groups is 1. The third-order valence-electron chi connectivity index (χ3n) is 14.1. The van der Waals surface area contributed by atoms with Gasteiger partial charge in [0.2, 0.25) is 5.43 Å². The lowest BCUT2D eigenvalue weighted by Gasteiger charge is -2.38. The van der Waals surface area contributed by atoms with E-state index in [1.165, 1.54) is 27.2 Å². The van der Waals surface area contributed by atoms with Gasteiger partial charge in [-0.25, -0.2) is 4.98 Å². The van der Waals surface area contributed by atoms with E-state index in [-0.39, 0.29) is 85.1 Å². The van der Waals surface area contributed by atoms with Gasteiger partial charge in [-0.05, 0) is 19.9 Å². The van der Waals surface area contributed by atoms with Gasteiger partial charge >= 0.3 is 5.79 Å². The van der Waals surface area contributed by atoms with Crippen LogP contribution in [0.15, 0.2) is 57.5 Å². The Bertz CT molecular complexity index is 2670. The van der Waals surface area contributed by atoms with Crippen molar-refractivity contribution in [1.82, 2.24) is 9.88 Å². The average molecular weight is 1050 g/mol. The smallest absolute Gasteiger partial charge is 0.312 e. The molecular weight excluding hydrogens is 987 g/mol. The van der Waals surface area contributed by atoms with Crippen LogP contribution in [0.2, 0.25) is 0 Å². The van der Waals surface area contributed by atoms with Crippen LogP contribution in [0.5, 0.6) is 17.2 Å². The molecule has 1 unspecified atom stereocenters. The number of hydrogen-bond acceptors (Lipinski definition) is 15. The van der Waals surface area contributed by atoms with Crippen molar-refractivity contribution in [2.45, 2.75) is 89.5 Å². The quantitative estimate of drug-likeness (QED) is 0.0708. The third-order valence-corrected chi connectivity index (χ3v) is 14.5. The van der Waals surface area contributed by atoms with Crippen LogP contribution in [0.4, 0.5) is 11.4 Å². The third kappa shape index (κ3) is 9.45. The molecule has 1 aliphatic carbocycles. The summed E-state index contributed by atoms with van der Waals surface area (Å²) in [5, 5.41) is 26.2. The summed E-state index contributed by atoms with van der Waals surface area (Å²) in [6, 6.07) is 3.71. The van der Waals surface area contributed by atoms with Crippen molar-refractivity contribution in [2.75, 3.05) is 71.4 Å². The lowest BCUT2D eigenvalue weighted by molar-refractivity contribution is -0.112. The lowest BCUT2D eigenvalue weighted by atomic mass is 9.78. The number of benzene rings is 3. The second kappa shape index (κ2) is 20.7. The van der Waals surface area contributed by atoms with Crippen LogP contribution < -0.4 is 25.1 Å². The van der Waals surface area contributed by atoms with Crippen LogP contribution in [-0.2, 0) is 23.7 Å². The molecule has 5 aliphatic rings. The number of phenolic OH excluding ortho intramolecular Hbond substituents is 1. The number of phenols is 1. The number of halogens is 1. The van der Waals surface area contributed by atoms with Crippen LogP contribution in [0, 0.1) is 30.6 Å². The van der Waals surface area contributed by atoms with Crippen molar-refractivity contribution in [3.63, 3.8) is 0 Å². The summed E-state index contributed by atoms with van der Waals surface area (Å²) in [6.45, 7) is 18.7. The van der Waals surface area contributed by atoms with Crippen LogP contribution in [0.1, 0.15) is 64.4 Å². The number of Topliss-reactive ketones (excluding diaryl/α,β-unsaturated/α-hetero) is 1. The van der Waals surface area contributed by atoms with E-state index >= 15 is 0 Å². The van der Waals surface area contributed by atoms with Crippen LogP contribution >= 0.6 is 22.6 Å². The molecule has 0 aromatic heterocycles. The van der Waals surface area contributed by atoms with Gasteiger partial charge in [0, 0.05) is 123 Å². The highest BCUT2D eigenvalue weighted by Crippen LogP contribution is 2.51. The minimum Gasteiger partial charge on any atom is -0.507 e. The van der Waals surface area contributed by atoms with Gasteiger partial charge in [-0.1, -0.05) is 75.4 Å². The molecule has 7 rings (SSSR count). The molecule has 2 aromatic rings. The highest BCUT2D eigenvalue weighted by molar-refractivity contribution is 14.1. The molecule has 0 spiro atoms. The normalized spacial score (nSPS) is 30.0. The fraction of sp³-hybridized carbons (Fsp3) is 0.529. The molecule has 1 fully saturated rings. The number of alkyl halides is 1. The van der Waals surface area contributed by atoms with Gasteiger partial charge in [-0.2, -0.15) is 0 Å². The Hall–Kier alpha value is -4.79. The fourth-order valence-corrected chi connectivity index (χ4v) is 10.7. The summed E-state index contributed by atoms with van der Waals surface area (Å²) in [7, 11) is 6.25. The number of amides is 1. The van der Waals surface area contributed by atoms with Crippen molar-refractivity contribution in [1.29, 1.82) is 0 Å². The van der Waals surface area contributed by atoms with Gasteiger partial charge in [0.1, 0.15) is 34.1 Å². The van der Waals surface area contributed by atoms with Crippen LogP contribution in [0.25, 0.3) is 33.3 Å². The Morgan fingerprint density at radius 3 is 2.25 bits per heavy atom. The van der Waals surface area contributed by atoms with Gasteiger partial charge in [0.05, 0.1) is 48.7 Å². The number of carbonyl (C=O) groups excluding carboxylic acids is 2. The first-order valence-corrected chi connectivity index (χ1v) is 24.3. The summed E-state index contributed by atoms with van der Waals surface area (Å²) in [5.41, 5.74) is 0.542. The number of ketones is 1. The SMILES string of the molecule is COc1cc(N2CCN(CC(C)I)CC2)cc2oc3c4c(=O)c5c(O)c(C)c6c(c5c-3nc12)C(=O)[C@@](C)(O/C=C/[C@H](OC)[C@@H](C)[C@@H](OC)[C@H](C)[C@H](O)[C@H](C)[C@@H](OC)[C@@H](C)/C=C/C=C(/C)C(=O)N4)O6. The fourth-order valence-electron chi connectivity index (χ4n) is 10.2. The van der Waals surface area contributed by atoms with Crippen molar-refractivity contribution in [3.8, 4) is 28.7 Å². The number of rotatable bonds is 7. The lowest BCUT2D eigenvalue weighted by Crippen LogP contribution is -2.47.